The second kappa shape index (κ2) is 10.1. The SMILES string of the molecule is CCN1CCCC1CNC(=NCC(C)(O)c1cccs1)NCCc1ccco1. The third-order valence-electron chi connectivity index (χ3n) is 5.25. The molecule has 6 nitrogen and oxygen atoms in total. The number of guanidine groups is 1. The van der Waals surface area contributed by atoms with Crippen molar-refractivity contribution in [3.8, 4) is 0 Å². The van der Waals surface area contributed by atoms with Crippen LogP contribution in [-0.4, -0.2) is 54.7 Å². The van der Waals surface area contributed by atoms with E-state index in [0.717, 1.165) is 42.7 Å². The van der Waals surface area contributed by atoms with Crippen LogP contribution in [0.1, 0.15) is 37.3 Å². The fourth-order valence-corrected chi connectivity index (χ4v) is 4.37. The van der Waals surface area contributed by atoms with Crippen LogP contribution >= 0.6 is 11.3 Å². The molecular formula is C21H32N4O2S. The van der Waals surface area contributed by atoms with Gasteiger partial charge in [-0.05, 0) is 56.4 Å². The lowest BCUT2D eigenvalue weighted by Crippen LogP contribution is -2.45. The van der Waals surface area contributed by atoms with Gasteiger partial charge in [-0.3, -0.25) is 4.90 Å². The number of aliphatic imine (C=N–C) groups is 1. The summed E-state index contributed by atoms with van der Waals surface area (Å²) in [6.07, 6.45) is 4.96. The predicted octanol–water partition coefficient (Wildman–Crippen LogP) is 2.81. The molecule has 28 heavy (non-hydrogen) atoms. The Hall–Kier alpha value is -1.83. The Morgan fingerprint density at radius 2 is 2.29 bits per heavy atom. The van der Waals surface area contributed by atoms with Gasteiger partial charge in [0.15, 0.2) is 5.96 Å². The van der Waals surface area contributed by atoms with Crippen LogP contribution in [0, 0.1) is 0 Å². The minimum atomic E-state index is -0.966. The minimum absolute atomic E-state index is 0.311. The summed E-state index contributed by atoms with van der Waals surface area (Å²) in [5.74, 6) is 1.69. The van der Waals surface area contributed by atoms with Crippen molar-refractivity contribution < 1.29 is 9.52 Å². The first kappa shape index (κ1) is 20.9. The highest BCUT2D eigenvalue weighted by Gasteiger charge is 2.25. The van der Waals surface area contributed by atoms with E-state index in [9.17, 15) is 5.11 Å². The molecular weight excluding hydrogens is 372 g/mol. The highest BCUT2D eigenvalue weighted by atomic mass is 32.1. The maximum atomic E-state index is 10.8. The maximum absolute atomic E-state index is 10.8. The Kier molecular flexibility index (Phi) is 7.53. The number of hydrogen-bond donors (Lipinski definition) is 3. The molecule has 0 amide bonds. The van der Waals surface area contributed by atoms with Crippen molar-refractivity contribution >= 4 is 17.3 Å². The summed E-state index contributed by atoms with van der Waals surface area (Å²) < 4.78 is 5.40. The normalized spacial score (nSPS) is 20.2. The van der Waals surface area contributed by atoms with Crippen LogP contribution in [-0.2, 0) is 12.0 Å². The first-order valence-electron chi connectivity index (χ1n) is 10.1. The number of aliphatic hydroxyl groups is 1. The summed E-state index contributed by atoms with van der Waals surface area (Å²) in [6, 6.07) is 8.33. The van der Waals surface area contributed by atoms with Crippen LogP contribution in [0.2, 0.25) is 0 Å². The molecule has 154 valence electrons. The second-order valence-corrected chi connectivity index (χ2v) is 8.43. The number of nitrogens with one attached hydrogen (secondary N) is 2. The number of furan rings is 1. The lowest BCUT2D eigenvalue weighted by molar-refractivity contribution is 0.0711. The van der Waals surface area contributed by atoms with E-state index in [2.05, 4.69) is 27.4 Å². The van der Waals surface area contributed by atoms with Gasteiger partial charge in [-0.2, -0.15) is 0 Å². The molecule has 0 aromatic carbocycles. The third-order valence-corrected chi connectivity index (χ3v) is 6.37. The molecule has 7 heteroatoms. The monoisotopic (exact) mass is 404 g/mol. The van der Waals surface area contributed by atoms with E-state index in [0.29, 0.717) is 12.6 Å². The van der Waals surface area contributed by atoms with Crippen LogP contribution in [0.15, 0.2) is 45.3 Å². The number of rotatable bonds is 9. The molecule has 0 radical (unpaired) electrons. The van der Waals surface area contributed by atoms with Gasteiger partial charge in [0.2, 0.25) is 0 Å². The molecule has 2 unspecified atom stereocenters. The quantitative estimate of drug-likeness (QED) is 0.443. The number of thiophene rings is 1. The number of hydrogen-bond acceptors (Lipinski definition) is 5. The molecule has 3 rings (SSSR count). The van der Waals surface area contributed by atoms with Crippen molar-refractivity contribution in [2.24, 2.45) is 4.99 Å². The Labute approximate surface area is 171 Å². The molecule has 1 saturated heterocycles. The molecule has 3 N–H and O–H groups in total. The zero-order valence-electron chi connectivity index (χ0n) is 16.9. The molecule has 1 fully saturated rings. The summed E-state index contributed by atoms with van der Waals surface area (Å²) in [6.45, 7) is 8.19. The topological polar surface area (TPSA) is 73.0 Å². The maximum Gasteiger partial charge on any atom is 0.191 e. The van der Waals surface area contributed by atoms with Crippen LogP contribution in [0.3, 0.4) is 0 Å². The fraction of sp³-hybridized carbons (Fsp3) is 0.571. The Balaban J connectivity index is 1.59. The number of nitrogens with zero attached hydrogens (tertiary/aromatic N) is 2. The van der Waals surface area contributed by atoms with Crippen LogP contribution in [0.25, 0.3) is 0 Å². The summed E-state index contributed by atoms with van der Waals surface area (Å²) >= 11 is 1.56. The summed E-state index contributed by atoms with van der Waals surface area (Å²) in [7, 11) is 0. The van der Waals surface area contributed by atoms with E-state index >= 15 is 0 Å². The number of likely N-dealkylation sites (N-methyl/N-ethyl adjacent to an activating group) is 1. The summed E-state index contributed by atoms with van der Waals surface area (Å²) in [4.78, 5) is 8.12. The van der Waals surface area contributed by atoms with Crippen molar-refractivity contribution in [2.45, 2.75) is 44.8 Å². The molecule has 3 heterocycles. The van der Waals surface area contributed by atoms with Gasteiger partial charge < -0.3 is 20.2 Å². The van der Waals surface area contributed by atoms with E-state index in [1.165, 1.54) is 19.4 Å². The van der Waals surface area contributed by atoms with Gasteiger partial charge in [0.1, 0.15) is 11.4 Å². The highest BCUT2D eigenvalue weighted by molar-refractivity contribution is 7.10. The molecule has 2 aromatic rings. The largest absolute Gasteiger partial charge is 0.469 e. The first-order valence-corrected chi connectivity index (χ1v) is 11.0. The van der Waals surface area contributed by atoms with Crippen LogP contribution < -0.4 is 10.6 Å². The van der Waals surface area contributed by atoms with Gasteiger partial charge in [0, 0.05) is 30.4 Å². The molecule has 1 aliphatic heterocycles. The summed E-state index contributed by atoms with van der Waals surface area (Å²) in [5, 5.41) is 19.6. The van der Waals surface area contributed by atoms with E-state index in [1.54, 1.807) is 17.6 Å². The van der Waals surface area contributed by atoms with E-state index in [-0.39, 0.29) is 0 Å². The minimum Gasteiger partial charge on any atom is -0.469 e. The predicted molar refractivity (Wildman–Crippen MR) is 115 cm³/mol. The molecule has 2 aromatic heterocycles. The van der Waals surface area contributed by atoms with Gasteiger partial charge in [0.25, 0.3) is 0 Å². The molecule has 0 spiro atoms. The van der Waals surface area contributed by atoms with Crippen molar-refractivity contribution in [2.75, 3.05) is 32.7 Å². The molecule has 2 atom stereocenters. The van der Waals surface area contributed by atoms with Gasteiger partial charge >= 0.3 is 0 Å². The van der Waals surface area contributed by atoms with Crippen molar-refractivity contribution in [3.63, 3.8) is 0 Å². The Bertz CT molecular complexity index is 713. The lowest BCUT2D eigenvalue weighted by Gasteiger charge is -2.25. The van der Waals surface area contributed by atoms with Gasteiger partial charge in [-0.1, -0.05) is 13.0 Å². The van der Waals surface area contributed by atoms with Crippen LogP contribution in [0.4, 0.5) is 0 Å². The average molecular weight is 405 g/mol. The second-order valence-electron chi connectivity index (χ2n) is 7.48. The molecule has 1 aliphatic rings. The van der Waals surface area contributed by atoms with E-state index in [1.807, 2.05) is 36.6 Å². The van der Waals surface area contributed by atoms with Crippen LogP contribution in [0.5, 0.6) is 0 Å². The zero-order chi connectivity index (χ0) is 19.8. The first-order chi connectivity index (χ1) is 13.6. The van der Waals surface area contributed by atoms with E-state index < -0.39 is 5.60 Å². The summed E-state index contributed by atoms with van der Waals surface area (Å²) in [5.41, 5.74) is -0.966. The zero-order valence-corrected chi connectivity index (χ0v) is 17.7. The molecule has 0 bridgehead atoms. The smallest absolute Gasteiger partial charge is 0.191 e. The van der Waals surface area contributed by atoms with Gasteiger partial charge in [0.05, 0.1) is 12.8 Å². The van der Waals surface area contributed by atoms with Gasteiger partial charge in [-0.15, -0.1) is 11.3 Å². The average Bonchev–Trinajstić information content (AvgIpc) is 3.45. The fourth-order valence-electron chi connectivity index (χ4n) is 3.59. The van der Waals surface area contributed by atoms with Gasteiger partial charge in [-0.25, -0.2) is 4.99 Å². The van der Waals surface area contributed by atoms with Crippen molar-refractivity contribution in [1.82, 2.24) is 15.5 Å². The highest BCUT2D eigenvalue weighted by Crippen LogP contribution is 2.25. The molecule has 0 saturated carbocycles. The van der Waals surface area contributed by atoms with Crippen molar-refractivity contribution in [3.05, 3.63) is 46.5 Å². The Morgan fingerprint density at radius 3 is 3.00 bits per heavy atom. The van der Waals surface area contributed by atoms with Crippen molar-refractivity contribution in [1.29, 1.82) is 0 Å². The Morgan fingerprint density at radius 1 is 1.39 bits per heavy atom. The lowest BCUT2D eigenvalue weighted by atomic mass is 10.1. The third kappa shape index (κ3) is 5.83. The molecule has 0 aliphatic carbocycles. The van der Waals surface area contributed by atoms with E-state index in [4.69, 9.17) is 4.42 Å². The number of likely N-dealkylation sites (tertiary alicyclic amines) is 1. The standard InChI is InChI=1S/C21H32N4O2S/c1-3-25-12-4-7-17(25)15-23-20(22-11-10-18-8-5-13-27-18)24-16-21(2,26)19-9-6-14-28-19/h5-6,8-9,13-14,17,26H,3-4,7,10-12,15-16H2,1-2H3,(H2,22,23,24).